The maximum Gasteiger partial charge on any atom is 0.110 e. The van der Waals surface area contributed by atoms with Gasteiger partial charge in [-0.3, -0.25) is 0 Å². The molecule has 0 aromatic carbocycles. The molecule has 2 aromatic heterocycles. The predicted octanol–water partition coefficient (Wildman–Crippen LogP) is 1.41. The van der Waals surface area contributed by atoms with E-state index in [0.29, 0.717) is 6.54 Å². The first kappa shape index (κ1) is 8.26. The van der Waals surface area contributed by atoms with Crippen molar-refractivity contribution in [2.75, 3.05) is 0 Å². The molecule has 0 spiro atoms. The summed E-state index contributed by atoms with van der Waals surface area (Å²) in [5, 5.41) is 0. The molecule has 0 radical (unpaired) electrons. The van der Waals surface area contributed by atoms with E-state index in [-0.39, 0.29) is 0 Å². The van der Waals surface area contributed by atoms with Gasteiger partial charge in [-0.1, -0.05) is 6.07 Å². The molecule has 68 valence electrons. The summed E-state index contributed by atoms with van der Waals surface area (Å²) in [6.07, 6.45) is 2.02. The molecule has 2 heterocycles. The van der Waals surface area contributed by atoms with Gasteiger partial charge in [0.25, 0.3) is 0 Å². The maximum absolute atomic E-state index is 5.62. The van der Waals surface area contributed by atoms with Crippen molar-refractivity contribution in [3.05, 3.63) is 35.4 Å². The van der Waals surface area contributed by atoms with Gasteiger partial charge in [-0.2, -0.15) is 0 Å². The second kappa shape index (κ2) is 2.85. The van der Waals surface area contributed by atoms with E-state index in [1.54, 1.807) is 0 Å². The summed E-state index contributed by atoms with van der Waals surface area (Å²) in [4.78, 5) is 4.41. The van der Waals surface area contributed by atoms with Gasteiger partial charge in [0.15, 0.2) is 0 Å². The minimum Gasteiger partial charge on any atom is -0.325 e. The third kappa shape index (κ3) is 1.12. The minimum absolute atomic E-state index is 0.502. The molecule has 0 aliphatic heterocycles. The SMILES string of the molecule is Cc1cccn2c(C)nc(CN)c12. The molecule has 2 rings (SSSR count). The van der Waals surface area contributed by atoms with Crippen molar-refractivity contribution in [3.8, 4) is 0 Å². The molecule has 0 aliphatic rings. The number of hydrogen-bond acceptors (Lipinski definition) is 2. The number of rotatable bonds is 1. The van der Waals surface area contributed by atoms with Crippen LogP contribution in [0.15, 0.2) is 18.3 Å². The highest BCUT2D eigenvalue weighted by Crippen LogP contribution is 2.16. The third-order valence-electron chi connectivity index (χ3n) is 2.31. The van der Waals surface area contributed by atoms with E-state index in [9.17, 15) is 0 Å². The van der Waals surface area contributed by atoms with E-state index in [2.05, 4.69) is 22.4 Å². The van der Waals surface area contributed by atoms with Gasteiger partial charge in [-0.05, 0) is 25.5 Å². The van der Waals surface area contributed by atoms with Crippen molar-refractivity contribution in [1.82, 2.24) is 9.38 Å². The highest BCUT2D eigenvalue weighted by molar-refractivity contribution is 5.59. The fourth-order valence-electron chi connectivity index (χ4n) is 1.70. The Morgan fingerprint density at radius 1 is 1.46 bits per heavy atom. The molecule has 0 amide bonds. The number of hydrogen-bond donors (Lipinski definition) is 1. The van der Waals surface area contributed by atoms with Crippen LogP contribution < -0.4 is 5.73 Å². The topological polar surface area (TPSA) is 43.3 Å². The van der Waals surface area contributed by atoms with Gasteiger partial charge in [0.1, 0.15) is 5.82 Å². The van der Waals surface area contributed by atoms with Crippen LogP contribution in [0.2, 0.25) is 0 Å². The number of aryl methyl sites for hydroxylation is 2. The average molecular weight is 175 g/mol. The summed E-state index contributed by atoms with van der Waals surface area (Å²) >= 11 is 0. The van der Waals surface area contributed by atoms with Crippen molar-refractivity contribution < 1.29 is 0 Å². The van der Waals surface area contributed by atoms with E-state index in [0.717, 1.165) is 17.0 Å². The minimum atomic E-state index is 0.502. The molecule has 3 heteroatoms. The van der Waals surface area contributed by atoms with Crippen LogP contribution in [-0.2, 0) is 6.54 Å². The van der Waals surface area contributed by atoms with Crippen LogP contribution in [0.5, 0.6) is 0 Å². The Kier molecular flexibility index (Phi) is 1.81. The first-order valence-corrected chi connectivity index (χ1v) is 4.37. The number of nitrogens with zero attached hydrogens (tertiary/aromatic N) is 2. The molecule has 13 heavy (non-hydrogen) atoms. The summed E-state index contributed by atoms with van der Waals surface area (Å²) in [5.41, 5.74) is 8.98. The molecule has 0 unspecified atom stereocenters. The standard InChI is InChI=1S/C10H13N3/c1-7-4-3-5-13-8(2)12-9(6-11)10(7)13/h3-5H,6,11H2,1-2H3. The monoisotopic (exact) mass is 175 g/mol. The lowest BCUT2D eigenvalue weighted by molar-refractivity contribution is 0.991. The number of aromatic nitrogens is 2. The zero-order chi connectivity index (χ0) is 9.42. The molecule has 3 nitrogen and oxygen atoms in total. The lowest BCUT2D eigenvalue weighted by Gasteiger charge is -1.99. The third-order valence-corrected chi connectivity index (χ3v) is 2.31. The Morgan fingerprint density at radius 2 is 2.23 bits per heavy atom. The molecule has 2 N–H and O–H groups in total. The normalized spacial score (nSPS) is 11.0. The van der Waals surface area contributed by atoms with Crippen LogP contribution in [0.4, 0.5) is 0 Å². The molecular formula is C10H13N3. The first-order valence-electron chi connectivity index (χ1n) is 4.37. The Hall–Kier alpha value is -1.35. The molecule has 0 fully saturated rings. The summed E-state index contributed by atoms with van der Waals surface area (Å²) in [5.74, 6) is 0.999. The van der Waals surface area contributed by atoms with Gasteiger partial charge in [-0.25, -0.2) is 4.98 Å². The van der Waals surface area contributed by atoms with E-state index >= 15 is 0 Å². The van der Waals surface area contributed by atoms with Gasteiger partial charge in [0, 0.05) is 12.7 Å². The van der Waals surface area contributed by atoms with E-state index in [1.807, 2.05) is 19.2 Å². The summed E-state index contributed by atoms with van der Waals surface area (Å²) in [6, 6.07) is 4.10. The summed E-state index contributed by atoms with van der Waals surface area (Å²) in [7, 11) is 0. The lowest BCUT2D eigenvalue weighted by atomic mass is 10.2. The van der Waals surface area contributed by atoms with Crippen LogP contribution in [0.3, 0.4) is 0 Å². The molecule has 0 bridgehead atoms. The van der Waals surface area contributed by atoms with Crippen LogP contribution in [-0.4, -0.2) is 9.38 Å². The fraction of sp³-hybridized carbons (Fsp3) is 0.300. The average Bonchev–Trinajstić information content (AvgIpc) is 2.45. The second-order valence-corrected chi connectivity index (χ2v) is 3.22. The Morgan fingerprint density at radius 3 is 2.92 bits per heavy atom. The van der Waals surface area contributed by atoms with Crippen molar-refractivity contribution >= 4 is 5.52 Å². The molecular weight excluding hydrogens is 162 g/mol. The lowest BCUT2D eigenvalue weighted by Crippen LogP contribution is -1.98. The summed E-state index contributed by atoms with van der Waals surface area (Å²) in [6.45, 7) is 4.57. The zero-order valence-corrected chi connectivity index (χ0v) is 7.91. The van der Waals surface area contributed by atoms with E-state index in [4.69, 9.17) is 5.73 Å². The van der Waals surface area contributed by atoms with Crippen LogP contribution >= 0.6 is 0 Å². The zero-order valence-electron chi connectivity index (χ0n) is 7.91. The van der Waals surface area contributed by atoms with Crippen molar-refractivity contribution in [1.29, 1.82) is 0 Å². The fourth-order valence-corrected chi connectivity index (χ4v) is 1.70. The van der Waals surface area contributed by atoms with E-state index in [1.165, 1.54) is 5.56 Å². The van der Waals surface area contributed by atoms with Crippen molar-refractivity contribution in [2.24, 2.45) is 5.73 Å². The van der Waals surface area contributed by atoms with Gasteiger partial charge in [0.05, 0.1) is 11.2 Å². The van der Waals surface area contributed by atoms with Gasteiger partial charge in [-0.15, -0.1) is 0 Å². The molecule has 0 atom stereocenters. The summed E-state index contributed by atoms with van der Waals surface area (Å²) < 4.78 is 2.08. The number of pyridine rings is 1. The molecule has 0 aliphatic carbocycles. The van der Waals surface area contributed by atoms with Crippen molar-refractivity contribution in [2.45, 2.75) is 20.4 Å². The highest BCUT2D eigenvalue weighted by Gasteiger charge is 2.07. The second-order valence-electron chi connectivity index (χ2n) is 3.22. The van der Waals surface area contributed by atoms with Crippen LogP contribution in [0, 0.1) is 13.8 Å². The number of imidazole rings is 1. The molecule has 0 saturated carbocycles. The van der Waals surface area contributed by atoms with Gasteiger partial charge >= 0.3 is 0 Å². The molecule has 2 aromatic rings. The Bertz CT molecular complexity index is 443. The van der Waals surface area contributed by atoms with Gasteiger partial charge in [0.2, 0.25) is 0 Å². The first-order chi connectivity index (χ1) is 6.24. The van der Waals surface area contributed by atoms with Crippen LogP contribution in [0.1, 0.15) is 17.1 Å². The van der Waals surface area contributed by atoms with E-state index < -0.39 is 0 Å². The highest BCUT2D eigenvalue weighted by atomic mass is 15.0. The predicted molar refractivity (Wildman–Crippen MR) is 52.6 cm³/mol. The number of nitrogens with two attached hydrogens (primary N) is 1. The van der Waals surface area contributed by atoms with Gasteiger partial charge < -0.3 is 10.1 Å². The largest absolute Gasteiger partial charge is 0.325 e. The molecule has 0 saturated heterocycles. The maximum atomic E-state index is 5.62. The quantitative estimate of drug-likeness (QED) is 0.712. The Balaban J connectivity index is 2.89. The van der Waals surface area contributed by atoms with Crippen LogP contribution in [0.25, 0.3) is 5.52 Å². The number of fused-ring (bicyclic) bond motifs is 1. The smallest absolute Gasteiger partial charge is 0.110 e. The van der Waals surface area contributed by atoms with Crippen molar-refractivity contribution in [3.63, 3.8) is 0 Å². The Labute approximate surface area is 77.2 Å².